The summed E-state index contributed by atoms with van der Waals surface area (Å²) in [6, 6.07) is 16.0. The number of hydrogen-bond donors (Lipinski definition) is 1. The number of benzene rings is 2. The van der Waals surface area contributed by atoms with Gasteiger partial charge in [0.15, 0.2) is 0 Å². The molecule has 4 aromatic rings. The Kier molecular flexibility index (Phi) is 5.27. The molecule has 1 N–H and O–H groups in total. The Balaban J connectivity index is 1.24. The van der Waals surface area contributed by atoms with Crippen molar-refractivity contribution in [2.75, 3.05) is 26.2 Å². The summed E-state index contributed by atoms with van der Waals surface area (Å²) in [5, 5.41) is 5.25. The highest BCUT2D eigenvalue weighted by atomic mass is 16.5. The molecule has 0 spiro atoms. The van der Waals surface area contributed by atoms with Gasteiger partial charge in [0.2, 0.25) is 11.7 Å². The van der Waals surface area contributed by atoms with Crippen molar-refractivity contribution in [2.24, 2.45) is 0 Å². The second-order valence-corrected chi connectivity index (χ2v) is 8.55. The van der Waals surface area contributed by atoms with Gasteiger partial charge < -0.3 is 14.4 Å². The summed E-state index contributed by atoms with van der Waals surface area (Å²) >= 11 is 0. The number of aryl methyl sites for hydroxylation is 2. The molecule has 2 aromatic heterocycles. The van der Waals surface area contributed by atoms with E-state index in [0.29, 0.717) is 30.5 Å². The number of rotatable bonds is 4. The van der Waals surface area contributed by atoms with Gasteiger partial charge in [0.1, 0.15) is 5.69 Å². The summed E-state index contributed by atoms with van der Waals surface area (Å²) in [6.45, 7) is 9.07. The van der Waals surface area contributed by atoms with Crippen LogP contribution in [-0.4, -0.2) is 57.0 Å². The zero-order chi connectivity index (χ0) is 22.2. The van der Waals surface area contributed by atoms with E-state index < -0.39 is 0 Å². The SMILES string of the molecule is Cc1cc(C)c2cc(C(=O)N3CCN(C(C)c4nc(-c5ccccc5)no4)CC3)[nH]c2c1. The predicted octanol–water partition coefficient (Wildman–Crippen LogP) is 4.35. The first-order valence-corrected chi connectivity index (χ1v) is 11.0. The molecule has 1 amide bonds. The Hall–Kier alpha value is -3.45. The molecule has 5 rings (SSSR count). The Labute approximate surface area is 187 Å². The molecule has 0 radical (unpaired) electrons. The van der Waals surface area contributed by atoms with E-state index in [1.54, 1.807) is 0 Å². The second-order valence-electron chi connectivity index (χ2n) is 8.55. The Bertz CT molecular complexity index is 1250. The van der Waals surface area contributed by atoms with Gasteiger partial charge in [-0.15, -0.1) is 0 Å². The van der Waals surface area contributed by atoms with E-state index in [0.717, 1.165) is 29.6 Å². The molecule has 2 aromatic carbocycles. The highest BCUT2D eigenvalue weighted by Gasteiger charge is 2.28. The van der Waals surface area contributed by atoms with Crippen molar-refractivity contribution in [3.63, 3.8) is 0 Å². The van der Waals surface area contributed by atoms with Crippen LogP contribution in [0.4, 0.5) is 0 Å². The average molecular weight is 430 g/mol. The molecule has 3 heterocycles. The lowest BCUT2D eigenvalue weighted by Gasteiger charge is -2.36. The summed E-state index contributed by atoms with van der Waals surface area (Å²) in [6.07, 6.45) is 0. The molecule has 0 aliphatic carbocycles. The van der Waals surface area contributed by atoms with Crippen LogP contribution in [0, 0.1) is 13.8 Å². The van der Waals surface area contributed by atoms with Gasteiger partial charge in [0.05, 0.1) is 6.04 Å². The van der Waals surface area contributed by atoms with Crippen molar-refractivity contribution in [3.8, 4) is 11.4 Å². The van der Waals surface area contributed by atoms with Gasteiger partial charge in [-0.05, 0) is 44.0 Å². The van der Waals surface area contributed by atoms with Crippen LogP contribution in [0.3, 0.4) is 0 Å². The van der Waals surface area contributed by atoms with Crippen molar-refractivity contribution in [1.82, 2.24) is 24.9 Å². The van der Waals surface area contributed by atoms with Crippen molar-refractivity contribution >= 4 is 16.8 Å². The molecular weight excluding hydrogens is 402 g/mol. The minimum absolute atomic E-state index is 0.00378. The van der Waals surface area contributed by atoms with Gasteiger partial charge in [0.25, 0.3) is 5.91 Å². The molecule has 7 nitrogen and oxygen atoms in total. The van der Waals surface area contributed by atoms with Gasteiger partial charge in [-0.3, -0.25) is 9.69 Å². The fourth-order valence-electron chi connectivity index (χ4n) is 4.46. The first-order valence-electron chi connectivity index (χ1n) is 11.0. The third kappa shape index (κ3) is 3.80. The number of fused-ring (bicyclic) bond motifs is 1. The molecule has 0 bridgehead atoms. The zero-order valence-corrected chi connectivity index (χ0v) is 18.6. The lowest BCUT2D eigenvalue weighted by atomic mass is 10.1. The van der Waals surface area contributed by atoms with Crippen molar-refractivity contribution in [1.29, 1.82) is 0 Å². The standard InChI is InChI=1S/C25H27N5O2/c1-16-13-17(2)20-15-22(26-21(20)14-16)25(31)30-11-9-29(10-12-30)18(3)24-27-23(28-32-24)19-7-5-4-6-8-19/h4-8,13-15,18,26H,9-12H2,1-3H3. The number of nitrogens with one attached hydrogen (secondary N) is 1. The average Bonchev–Trinajstić information content (AvgIpc) is 3.47. The van der Waals surface area contributed by atoms with Crippen LogP contribution >= 0.6 is 0 Å². The molecule has 1 atom stereocenters. The van der Waals surface area contributed by atoms with E-state index in [1.165, 1.54) is 11.1 Å². The number of H-pyrrole nitrogens is 1. The monoisotopic (exact) mass is 429 g/mol. The maximum Gasteiger partial charge on any atom is 0.270 e. The summed E-state index contributed by atoms with van der Waals surface area (Å²) in [4.78, 5) is 25.2. The summed E-state index contributed by atoms with van der Waals surface area (Å²) < 4.78 is 5.54. The Morgan fingerprint density at radius 3 is 2.56 bits per heavy atom. The largest absolute Gasteiger partial charge is 0.351 e. The van der Waals surface area contributed by atoms with Crippen LogP contribution in [0.2, 0.25) is 0 Å². The van der Waals surface area contributed by atoms with E-state index in [2.05, 4.69) is 52.9 Å². The molecule has 1 unspecified atom stereocenters. The molecular formula is C25H27N5O2. The van der Waals surface area contributed by atoms with Gasteiger partial charge in [-0.2, -0.15) is 4.98 Å². The first kappa shape index (κ1) is 20.5. The number of carbonyl (C=O) groups excluding carboxylic acids is 1. The molecule has 1 aliphatic heterocycles. The predicted molar refractivity (Wildman–Crippen MR) is 123 cm³/mol. The van der Waals surface area contributed by atoms with Crippen molar-refractivity contribution in [2.45, 2.75) is 26.8 Å². The number of hydrogen-bond acceptors (Lipinski definition) is 5. The highest BCUT2D eigenvalue weighted by molar-refractivity contribution is 5.99. The van der Waals surface area contributed by atoms with Crippen LogP contribution in [0.1, 0.15) is 40.5 Å². The zero-order valence-electron chi connectivity index (χ0n) is 18.6. The van der Waals surface area contributed by atoms with Gasteiger partial charge in [0, 0.05) is 42.6 Å². The van der Waals surface area contributed by atoms with E-state index in [4.69, 9.17) is 4.52 Å². The number of aromatic amines is 1. The van der Waals surface area contributed by atoms with E-state index in [1.807, 2.05) is 41.3 Å². The topological polar surface area (TPSA) is 78.3 Å². The van der Waals surface area contributed by atoms with E-state index in [9.17, 15) is 4.79 Å². The van der Waals surface area contributed by atoms with Crippen molar-refractivity contribution < 1.29 is 9.32 Å². The number of piperazine rings is 1. The fraction of sp³-hybridized carbons (Fsp3) is 0.320. The van der Waals surface area contributed by atoms with Gasteiger partial charge in [-0.25, -0.2) is 0 Å². The molecule has 1 saturated heterocycles. The number of carbonyl (C=O) groups is 1. The fourth-order valence-corrected chi connectivity index (χ4v) is 4.46. The first-order chi connectivity index (χ1) is 15.5. The highest BCUT2D eigenvalue weighted by Crippen LogP contribution is 2.25. The smallest absolute Gasteiger partial charge is 0.270 e. The second kappa shape index (κ2) is 8.24. The van der Waals surface area contributed by atoms with E-state index >= 15 is 0 Å². The van der Waals surface area contributed by atoms with Gasteiger partial charge in [-0.1, -0.05) is 41.6 Å². The summed E-state index contributed by atoms with van der Waals surface area (Å²) in [5.41, 5.74) is 4.98. The molecule has 32 heavy (non-hydrogen) atoms. The minimum Gasteiger partial charge on any atom is -0.351 e. The molecule has 7 heteroatoms. The lowest BCUT2D eigenvalue weighted by molar-refractivity contribution is 0.0547. The van der Waals surface area contributed by atoms with Crippen LogP contribution < -0.4 is 0 Å². The van der Waals surface area contributed by atoms with Crippen LogP contribution in [-0.2, 0) is 0 Å². The maximum atomic E-state index is 13.1. The number of nitrogens with zero attached hydrogens (tertiary/aromatic N) is 4. The summed E-state index contributed by atoms with van der Waals surface area (Å²) in [7, 11) is 0. The van der Waals surface area contributed by atoms with E-state index in [-0.39, 0.29) is 11.9 Å². The maximum absolute atomic E-state index is 13.1. The molecule has 0 saturated carbocycles. The third-order valence-corrected chi connectivity index (χ3v) is 6.30. The molecule has 1 fully saturated rings. The molecule has 164 valence electrons. The third-order valence-electron chi connectivity index (χ3n) is 6.30. The Morgan fingerprint density at radius 1 is 1.06 bits per heavy atom. The van der Waals surface area contributed by atoms with Crippen LogP contribution in [0.25, 0.3) is 22.3 Å². The molecule has 1 aliphatic rings. The Morgan fingerprint density at radius 2 is 1.81 bits per heavy atom. The van der Waals surface area contributed by atoms with Crippen LogP contribution in [0.15, 0.2) is 53.1 Å². The van der Waals surface area contributed by atoms with Crippen molar-refractivity contribution in [3.05, 3.63) is 71.2 Å². The lowest BCUT2D eigenvalue weighted by Crippen LogP contribution is -2.49. The van der Waals surface area contributed by atoms with Crippen LogP contribution in [0.5, 0.6) is 0 Å². The number of aromatic nitrogens is 3. The van der Waals surface area contributed by atoms with Gasteiger partial charge >= 0.3 is 0 Å². The summed E-state index contributed by atoms with van der Waals surface area (Å²) in [5.74, 6) is 1.26. The minimum atomic E-state index is -0.00378. The normalized spacial score (nSPS) is 15.9. The quantitative estimate of drug-likeness (QED) is 0.522. The number of amides is 1.